The Morgan fingerprint density at radius 3 is 0.975 bits per heavy atom. The zero-order valence-corrected chi connectivity index (χ0v) is 47.1. The van der Waals surface area contributed by atoms with Gasteiger partial charge in [-0.1, -0.05) is 135 Å². The number of anilines is 4. The van der Waals surface area contributed by atoms with Crippen molar-refractivity contribution in [2.24, 2.45) is 0 Å². The molecule has 0 N–H and O–H groups in total. The number of hydrogen-bond donors (Lipinski definition) is 0. The third-order valence-corrected chi connectivity index (χ3v) is 14.5. The zero-order valence-electron chi connectivity index (χ0n) is 47.1. The van der Waals surface area contributed by atoms with Crippen molar-refractivity contribution in [3.05, 3.63) is 216 Å². The van der Waals surface area contributed by atoms with Crippen LogP contribution in [-0.2, 0) is 4.74 Å². The van der Waals surface area contributed by atoms with Crippen LogP contribution in [0, 0.1) is 45.3 Å². The van der Waals surface area contributed by atoms with E-state index >= 15 is 0 Å². The normalized spacial score (nSPS) is 12.4. The van der Waals surface area contributed by atoms with Crippen LogP contribution in [-0.4, -0.2) is 65.6 Å². The van der Waals surface area contributed by atoms with Gasteiger partial charge in [0.05, 0.1) is 59.7 Å². The lowest BCUT2D eigenvalue weighted by molar-refractivity contribution is 0.122. The predicted molar refractivity (Wildman–Crippen MR) is 332 cm³/mol. The molecule has 0 amide bonds. The Hall–Kier alpha value is -9.12. The Morgan fingerprint density at radius 1 is 0.362 bits per heavy atom. The molecule has 8 aromatic carbocycles. The predicted octanol–water partition coefficient (Wildman–Crippen LogP) is 16.2. The highest BCUT2D eigenvalue weighted by atomic mass is 16.5. The van der Waals surface area contributed by atoms with Gasteiger partial charge in [-0.05, 0) is 163 Å². The van der Waals surface area contributed by atoms with Crippen LogP contribution in [0.25, 0.3) is 44.5 Å². The van der Waals surface area contributed by atoms with Crippen molar-refractivity contribution in [2.75, 3.05) is 85.2 Å². The van der Waals surface area contributed by atoms with E-state index in [-0.39, 0.29) is 0 Å². The van der Waals surface area contributed by atoms with Crippen LogP contribution < -0.4 is 19.6 Å². The quantitative estimate of drug-likeness (QED) is 0.105. The molecule has 80 heavy (non-hydrogen) atoms. The molecule has 2 heterocycles. The summed E-state index contributed by atoms with van der Waals surface area (Å²) in [6.45, 7) is 18.7. The van der Waals surface area contributed by atoms with Gasteiger partial charge in [-0.15, -0.1) is 0 Å². The fourth-order valence-electron chi connectivity index (χ4n) is 10.2. The fraction of sp³-hybridized carbons (Fsp3) is 0.268. The van der Waals surface area contributed by atoms with Crippen molar-refractivity contribution in [2.45, 2.75) is 59.8 Å². The van der Waals surface area contributed by atoms with E-state index in [2.05, 4.69) is 169 Å². The van der Waals surface area contributed by atoms with Gasteiger partial charge in [0.15, 0.2) is 0 Å². The molecule has 2 aliphatic rings. The maximum Gasteiger partial charge on any atom is 0.0998 e. The number of piperidine rings is 1. The van der Waals surface area contributed by atoms with Crippen molar-refractivity contribution in [3.8, 4) is 68.8 Å². The Morgan fingerprint density at radius 2 is 0.662 bits per heavy atom. The zero-order chi connectivity index (χ0) is 56.3. The van der Waals surface area contributed by atoms with Gasteiger partial charge in [-0.2, -0.15) is 21.0 Å². The van der Waals surface area contributed by atoms with Crippen molar-refractivity contribution in [1.29, 1.82) is 21.0 Å². The maximum absolute atomic E-state index is 9.20. The van der Waals surface area contributed by atoms with E-state index in [1.165, 1.54) is 42.0 Å². The highest BCUT2D eigenvalue weighted by Gasteiger charge is 2.14. The number of benzene rings is 8. The molecule has 0 spiro atoms. The summed E-state index contributed by atoms with van der Waals surface area (Å²) in [5.41, 5.74) is 16.3. The molecule has 0 atom stereocenters. The molecule has 2 aliphatic heterocycles. The molecule has 0 aliphatic carbocycles. The topological polar surface area (TPSA) is 117 Å². The summed E-state index contributed by atoms with van der Waals surface area (Å²) in [4.78, 5) is 9.49. The van der Waals surface area contributed by atoms with E-state index in [0.717, 1.165) is 140 Å². The molecule has 2 fully saturated rings. The second-order valence-corrected chi connectivity index (χ2v) is 19.6. The fourth-order valence-corrected chi connectivity index (χ4v) is 10.2. The lowest BCUT2D eigenvalue weighted by Crippen LogP contribution is -2.36. The maximum atomic E-state index is 9.20. The van der Waals surface area contributed by atoms with Crippen LogP contribution in [0.3, 0.4) is 0 Å². The average molecular weight is 1060 g/mol. The molecule has 9 nitrogen and oxygen atoms in total. The van der Waals surface area contributed by atoms with Crippen molar-refractivity contribution >= 4 is 22.7 Å². The van der Waals surface area contributed by atoms with Crippen LogP contribution in [0.15, 0.2) is 194 Å². The molecular formula is C71H74N8O. The summed E-state index contributed by atoms with van der Waals surface area (Å²) >= 11 is 0. The first-order valence-corrected chi connectivity index (χ1v) is 28.3. The molecule has 8 aromatic rings. The van der Waals surface area contributed by atoms with Crippen LogP contribution in [0.5, 0.6) is 0 Å². The molecule has 0 aromatic heterocycles. The van der Waals surface area contributed by atoms with E-state index in [1.54, 1.807) is 0 Å². The Balaban J connectivity index is 0.000000154. The van der Waals surface area contributed by atoms with Gasteiger partial charge in [-0.25, -0.2) is 0 Å². The molecule has 2 saturated heterocycles. The van der Waals surface area contributed by atoms with Crippen LogP contribution in [0.1, 0.15) is 82.1 Å². The highest BCUT2D eigenvalue weighted by Crippen LogP contribution is 2.31. The van der Waals surface area contributed by atoms with E-state index < -0.39 is 0 Å². The second-order valence-electron chi connectivity index (χ2n) is 19.6. The Labute approximate surface area is 476 Å². The third kappa shape index (κ3) is 16.0. The molecule has 10 rings (SSSR count). The minimum absolute atomic E-state index is 0.714. The van der Waals surface area contributed by atoms with Gasteiger partial charge in [0.2, 0.25) is 0 Å². The number of morpholine rings is 1. The first kappa shape index (κ1) is 58.6. The number of ether oxygens (including phenoxy) is 1. The SMILES string of the molecule is CCCN(CCC)c1ccc(-c2ccccc2C#N)cc1.CCN(CC)c1ccc(-c2ccccc2C#N)cc1.N#Cc1ccccc1-c1ccc(N2CCCCC2)cc1.N#Cc1ccccc1-c1ccc(N2CCOCC2)cc1. The molecule has 0 radical (unpaired) electrons. The van der Waals surface area contributed by atoms with E-state index in [0.29, 0.717) is 5.56 Å². The third-order valence-electron chi connectivity index (χ3n) is 14.5. The second kappa shape index (κ2) is 31.3. The number of nitriles is 4. The molecule has 0 bridgehead atoms. The van der Waals surface area contributed by atoms with Gasteiger partial charge in [0, 0.05) is 75.1 Å². The Kier molecular flexibility index (Phi) is 22.9. The summed E-state index contributed by atoms with van der Waals surface area (Å²) in [6, 6.07) is 73.9. The van der Waals surface area contributed by atoms with Crippen LogP contribution in [0.2, 0.25) is 0 Å². The van der Waals surface area contributed by atoms with Gasteiger partial charge in [0.25, 0.3) is 0 Å². The van der Waals surface area contributed by atoms with Gasteiger partial charge in [-0.3, -0.25) is 0 Å². The van der Waals surface area contributed by atoms with Crippen LogP contribution >= 0.6 is 0 Å². The van der Waals surface area contributed by atoms with Crippen LogP contribution in [0.4, 0.5) is 22.7 Å². The van der Waals surface area contributed by atoms with Gasteiger partial charge >= 0.3 is 0 Å². The lowest BCUT2D eigenvalue weighted by atomic mass is 10.00. The average Bonchev–Trinajstić information content (AvgIpc) is 3.55. The first-order chi connectivity index (χ1) is 39.4. The smallest absolute Gasteiger partial charge is 0.0998 e. The highest BCUT2D eigenvalue weighted by molar-refractivity contribution is 5.75. The summed E-state index contributed by atoms with van der Waals surface area (Å²) in [6.07, 6.45) is 6.24. The molecule has 404 valence electrons. The number of nitrogens with zero attached hydrogens (tertiary/aromatic N) is 8. The summed E-state index contributed by atoms with van der Waals surface area (Å²) < 4.78 is 5.37. The van der Waals surface area contributed by atoms with Crippen molar-refractivity contribution in [3.63, 3.8) is 0 Å². The molecule has 0 unspecified atom stereocenters. The van der Waals surface area contributed by atoms with Crippen molar-refractivity contribution in [1.82, 2.24) is 0 Å². The lowest BCUT2D eigenvalue weighted by Gasteiger charge is -2.28. The van der Waals surface area contributed by atoms with E-state index in [1.807, 2.05) is 97.1 Å². The molecular weight excluding hydrogens is 981 g/mol. The molecule has 0 saturated carbocycles. The number of rotatable bonds is 14. The largest absolute Gasteiger partial charge is 0.378 e. The monoisotopic (exact) mass is 1050 g/mol. The van der Waals surface area contributed by atoms with Gasteiger partial charge < -0.3 is 24.3 Å². The minimum atomic E-state index is 0.714. The first-order valence-electron chi connectivity index (χ1n) is 28.3. The summed E-state index contributed by atoms with van der Waals surface area (Å²) in [5.74, 6) is 0. The van der Waals surface area contributed by atoms with Gasteiger partial charge in [0.1, 0.15) is 0 Å². The summed E-state index contributed by atoms with van der Waals surface area (Å²) in [7, 11) is 0. The molecule has 9 heteroatoms. The summed E-state index contributed by atoms with van der Waals surface area (Å²) in [5, 5.41) is 36.7. The minimum Gasteiger partial charge on any atom is -0.378 e. The standard InChI is InChI=1S/C19H22N2.C18H18N2.C17H16N2O.C17H18N2/c1-3-13-21(14-4-2)18-11-9-16(10-12-18)19-8-6-5-7-17(19)15-20;19-14-16-6-2-3-7-18(16)15-8-10-17(11-9-15)20-12-4-1-5-13-20;18-13-15-3-1-2-4-17(15)14-5-7-16(8-6-14)19-9-11-20-12-10-19;1-3-19(4-2)16-11-9-14(10-12-16)17-8-6-5-7-15(17)13-18/h5-12H,3-4,13-14H2,1-2H3;2-3,6-11H,1,4-5,12-13H2;1-8H,9-12H2;5-12H,3-4H2,1-2H3. The van der Waals surface area contributed by atoms with E-state index in [4.69, 9.17) is 15.3 Å². The van der Waals surface area contributed by atoms with E-state index in [9.17, 15) is 10.5 Å². The van der Waals surface area contributed by atoms with Crippen molar-refractivity contribution < 1.29 is 4.74 Å². The Bertz CT molecular complexity index is 3210. The number of hydrogen-bond acceptors (Lipinski definition) is 9.